The number of ether oxygens (including phenoxy) is 2. The highest BCUT2D eigenvalue weighted by molar-refractivity contribution is 5.93. The fraction of sp³-hybridized carbons (Fsp3) is 0.474. The minimum absolute atomic E-state index is 0.0567. The molecule has 0 unspecified atom stereocenters. The van der Waals surface area contributed by atoms with Crippen molar-refractivity contribution in [2.75, 3.05) is 26.3 Å². The van der Waals surface area contributed by atoms with E-state index in [0.29, 0.717) is 37.7 Å². The molecule has 0 radical (unpaired) electrons. The van der Waals surface area contributed by atoms with E-state index in [2.05, 4.69) is 10.1 Å². The molecule has 168 valence electrons. The minimum atomic E-state index is -5.08. The highest BCUT2D eigenvalue weighted by Crippen LogP contribution is 2.41. The van der Waals surface area contributed by atoms with Crippen molar-refractivity contribution >= 4 is 11.9 Å². The van der Waals surface area contributed by atoms with E-state index in [1.54, 1.807) is 6.20 Å². The van der Waals surface area contributed by atoms with Gasteiger partial charge in [0.2, 0.25) is 5.88 Å². The fourth-order valence-corrected chi connectivity index (χ4v) is 3.57. The number of halogens is 3. The SMILES string of the molecule is O=C(O)C(F)(F)F.O=C(c1cnoc1)N1CC[C@H]2OCC[C@@]2(COc2ccccn2)C1. The van der Waals surface area contributed by atoms with Crippen molar-refractivity contribution in [1.29, 1.82) is 0 Å². The van der Waals surface area contributed by atoms with E-state index in [1.165, 1.54) is 12.5 Å². The van der Waals surface area contributed by atoms with Crippen LogP contribution in [0.15, 0.2) is 41.4 Å². The van der Waals surface area contributed by atoms with Crippen molar-refractivity contribution in [2.45, 2.75) is 25.1 Å². The molecule has 0 spiro atoms. The summed E-state index contributed by atoms with van der Waals surface area (Å²) < 4.78 is 48.3. The number of alkyl halides is 3. The van der Waals surface area contributed by atoms with E-state index >= 15 is 0 Å². The van der Waals surface area contributed by atoms with Crippen LogP contribution in [-0.4, -0.2) is 70.6 Å². The average molecular weight is 443 g/mol. The molecule has 4 rings (SSSR count). The number of carboxylic acid groups (broad SMARTS) is 1. The van der Waals surface area contributed by atoms with E-state index in [0.717, 1.165) is 12.8 Å². The molecule has 1 amide bonds. The van der Waals surface area contributed by atoms with Crippen LogP contribution < -0.4 is 4.74 Å². The monoisotopic (exact) mass is 443 g/mol. The number of likely N-dealkylation sites (tertiary alicyclic amines) is 1. The van der Waals surface area contributed by atoms with Gasteiger partial charge in [-0.2, -0.15) is 13.2 Å². The summed E-state index contributed by atoms with van der Waals surface area (Å²) >= 11 is 0. The molecule has 2 atom stereocenters. The molecular formula is C19H20F3N3O6. The third-order valence-electron chi connectivity index (χ3n) is 5.12. The maximum atomic E-state index is 12.6. The zero-order valence-corrected chi connectivity index (χ0v) is 16.2. The van der Waals surface area contributed by atoms with Crippen molar-refractivity contribution in [1.82, 2.24) is 15.0 Å². The first kappa shape index (κ1) is 22.5. The highest BCUT2D eigenvalue weighted by Gasteiger charge is 2.49. The Kier molecular flexibility index (Phi) is 6.78. The minimum Gasteiger partial charge on any atom is -0.477 e. The van der Waals surface area contributed by atoms with Gasteiger partial charge in [0.05, 0.1) is 29.9 Å². The summed E-state index contributed by atoms with van der Waals surface area (Å²) in [7, 11) is 0. The Morgan fingerprint density at radius 3 is 2.74 bits per heavy atom. The molecule has 1 N–H and O–H groups in total. The molecule has 0 aliphatic carbocycles. The molecule has 2 aromatic rings. The molecule has 31 heavy (non-hydrogen) atoms. The van der Waals surface area contributed by atoms with Gasteiger partial charge in [0.1, 0.15) is 6.26 Å². The summed E-state index contributed by atoms with van der Waals surface area (Å²) in [6.07, 6.45) is 1.26. The average Bonchev–Trinajstić information content (AvgIpc) is 3.42. The zero-order chi connectivity index (χ0) is 22.5. The van der Waals surface area contributed by atoms with Gasteiger partial charge in [0.25, 0.3) is 5.91 Å². The highest BCUT2D eigenvalue weighted by atomic mass is 19.4. The molecule has 2 aromatic heterocycles. The third-order valence-corrected chi connectivity index (χ3v) is 5.12. The Morgan fingerprint density at radius 1 is 1.35 bits per heavy atom. The van der Waals surface area contributed by atoms with Crippen LogP contribution >= 0.6 is 0 Å². The Hall–Kier alpha value is -3.15. The first-order valence-electron chi connectivity index (χ1n) is 9.35. The molecule has 0 bridgehead atoms. The molecular weight excluding hydrogens is 423 g/mol. The van der Waals surface area contributed by atoms with E-state index < -0.39 is 12.1 Å². The molecule has 2 aliphatic rings. The summed E-state index contributed by atoms with van der Waals surface area (Å²) in [6.45, 7) is 2.46. The van der Waals surface area contributed by atoms with Gasteiger partial charge < -0.3 is 24.0 Å². The number of fused-ring (bicyclic) bond motifs is 1. The first-order valence-corrected chi connectivity index (χ1v) is 9.35. The van der Waals surface area contributed by atoms with Gasteiger partial charge in [0, 0.05) is 32.0 Å². The van der Waals surface area contributed by atoms with Crippen LogP contribution in [0.4, 0.5) is 13.2 Å². The number of hydrogen-bond donors (Lipinski definition) is 1. The van der Waals surface area contributed by atoms with Crippen LogP contribution in [0.3, 0.4) is 0 Å². The molecule has 4 heterocycles. The number of carboxylic acids is 1. The number of nitrogens with zero attached hydrogens (tertiary/aromatic N) is 3. The van der Waals surface area contributed by atoms with Gasteiger partial charge >= 0.3 is 12.1 Å². The van der Waals surface area contributed by atoms with Crippen molar-refractivity contribution in [3.8, 4) is 5.88 Å². The zero-order valence-electron chi connectivity index (χ0n) is 16.2. The summed E-state index contributed by atoms with van der Waals surface area (Å²) in [5.74, 6) is -2.22. The van der Waals surface area contributed by atoms with E-state index in [-0.39, 0.29) is 17.4 Å². The Labute approximate surface area is 174 Å². The smallest absolute Gasteiger partial charge is 0.477 e. The van der Waals surface area contributed by atoms with Crippen LogP contribution in [0.1, 0.15) is 23.2 Å². The lowest BCUT2D eigenvalue weighted by molar-refractivity contribution is -0.192. The second kappa shape index (κ2) is 9.33. The van der Waals surface area contributed by atoms with E-state index in [1.807, 2.05) is 23.1 Å². The number of aliphatic carboxylic acids is 1. The molecule has 9 nitrogen and oxygen atoms in total. The predicted molar refractivity (Wildman–Crippen MR) is 97.2 cm³/mol. The van der Waals surface area contributed by atoms with Crippen molar-refractivity contribution in [3.05, 3.63) is 42.4 Å². The number of carbonyl (C=O) groups is 2. The lowest BCUT2D eigenvalue weighted by Gasteiger charge is -2.43. The fourth-order valence-electron chi connectivity index (χ4n) is 3.57. The summed E-state index contributed by atoms with van der Waals surface area (Å²) in [4.78, 5) is 27.5. The quantitative estimate of drug-likeness (QED) is 0.766. The number of carbonyl (C=O) groups excluding carboxylic acids is 1. The lowest BCUT2D eigenvalue weighted by Crippen LogP contribution is -2.54. The van der Waals surface area contributed by atoms with Gasteiger partial charge in [-0.15, -0.1) is 0 Å². The number of aromatic nitrogens is 2. The normalized spacial score (nSPS) is 22.8. The maximum Gasteiger partial charge on any atom is 0.490 e. The number of piperidine rings is 1. The van der Waals surface area contributed by atoms with Crippen LogP contribution in [0, 0.1) is 5.41 Å². The second-order valence-corrected chi connectivity index (χ2v) is 7.16. The lowest BCUT2D eigenvalue weighted by atomic mass is 9.77. The van der Waals surface area contributed by atoms with E-state index in [9.17, 15) is 18.0 Å². The van der Waals surface area contributed by atoms with Gasteiger partial charge in [-0.1, -0.05) is 11.2 Å². The molecule has 2 fully saturated rings. The molecule has 12 heteroatoms. The maximum absolute atomic E-state index is 12.6. The molecule has 2 saturated heterocycles. The first-order chi connectivity index (χ1) is 14.7. The van der Waals surface area contributed by atoms with Crippen LogP contribution in [0.5, 0.6) is 5.88 Å². The standard InChI is InChI=1S/C17H19N3O4.C2HF3O2/c21-16(13-9-19-24-10-13)20-7-4-14-17(11-20,5-8-22-14)12-23-15-3-1-2-6-18-15;3-2(4,5)1(6)7/h1-3,6,9-10,14H,4-5,7-8,11-12H2;(H,6,7)/t14-,17+;/m1./s1. The Balaban J connectivity index is 0.000000339. The van der Waals surface area contributed by atoms with Gasteiger partial charge in [-0.25, -0.2) is 9.78 Å². The Bertz CT molecular complexity index is 878. The number of pyridine rings is 1. The predicted octanol–water partition coefficient (Wildman–Crippen LogP) is 2.40. The van der Waals surface area contributed by atoms with E-state index in [4.69, 9.17) is 23.9 Å². The van der Waals surface area contributed by atoms with Gasteiger partial charge in [0.15, 0.2) is 0 Å². The van der Waals surface area contributed by atoms with Crippen LogP contribution in [-0.2, 0) is 9.53 Å². The molecule has 0 aromatic carbocycles. The van der Waals surface area contributed by atoms with Gasteiger partial charge in [-0.05, 0) is 18.9 Å². The number of amides is 1. The number of hydrogen-bond acceptors (Lipinski definition) is 7. The molecule has 2 aliphatic heterocycles. The summed E-state index contributed by atoms with van der Waals surface area (Å²) in [5.41, 5.74) is 0.288. The van der Waals surface area contributed by atoms with Crippen LogP contribution in [0.2, 0.25) is 0 Å². The number of rotatable bonds is 4. The molecule has 0 saturated carbocycles. The van der Waals surface area contributed by atoms with Crippen LogP contribution in [0.25, 0.3) is 0 Å². The Morgan fingerprint density at radius 2 is 2.13 bits per heavy atom. The summed E-state index contributed by atoms with van der Waals surface area (Å²) in [6, 6.07) is 5.59. The van der Waals surface area contributed by atoms with Gasteiger partial charge in [-0.3, -0.25) is 4.79 Å². The largest absolute Gasteiger partial charge is 0.490 e. The van der Waals surface area contributed by atoms with Crippen molar-refractivity contribution in [2.24, 2.45) is 5.41 Å². The summed E-state index contributed by atoms with van der Waals surface area (Å²) in [5, 5.41) is 10.7. The van der Waals surface area contributed by atoms with Crippen molar-refractivity contribution < 1.29 is 41.9 Å². The van der Waals surface area contributed by atoms with Crippen molar-refractivity contribution in [3.63, 3.8) is 0 Å². The second-order valence-electron chi connectivity index (χ2n) is 7.16. The topological polar surface area (TPSA) is 115 Å². The third kappa shape index (κ3) is 5.51.